The monoisotopic (exact) mass is 265 g/mol. The molecular weight excluding hydrogens is 246 g/mol. The molecule has 3 rings (SSSR count). The Labute approximate surface area is 111 Å². The smallest absolute Gasteiger partial charge is 0.371 e. The highest BCUT2D eigenvalue weighted by atomic mass is 16.4. The van der Waals surface area contributed by atoms with Crippen molar-refractivity contribution in [2.75, 3.05) is 0 Å². The van der Waals surface area contributed by atoms with Gasteiger partial charge in [0.05, 0.1) is 12.1 Å². The number of carboxylic acids is 1. The second-order valence-corrected chi connectivity index (χ2v) is 5.64. The van der Waals surface area contributed by atoms with Crippen LogP contribution in [-0.2, 0) is 0 Å². The SMILES string of the molecule is CC(c1ccc(C(=O)O)o1)N1C2CCC1CC(O)C2. The lowest BCUT2D eigenvalue weighted by Gasteiger charge is -2.40. The van der Waals surface area contributed by atoms with Crippen molar-refractivity contribution < 1.29 is 19.4 Å². The van der Waals surface area contributed by atoms with Gasteiger partial charge in [-0.25, -0.2) is 4.79 Å². The predicted octanol–water partition coefficient (Wildman–Crippen LogP) is 2.03. The maximum atomic E-state index is 10.9. The number of aromatic carboxylic acids is 1. The van der Waals surface area contributed by atoms with Crippen molar-refractivity contribution in [2.24, 2.45) is 0 Å². The Kier molecular flexibility index (Phi) is 3.11. The molecule has 0 aromatic carbocycles. The molecule has 5 nitrogen and oxygen atoms in total. The van der Waals surface area contributed by atoms with E-state index in [2.05, 4.69) is 4.90 Å². The summed E-state index contributed by atoms with van der Waals surface area (Å²) >= 11 is 0. The molecule has 19 heavy (non-hydrogen) atoms. The second kappa shape index (κ2) is 4.65. The minimum atomic E-state index is -1.03. The number of nitrogens with zero attached hydrogens (tertiary/aromatic N) is 1. The van der Waals surface area contributed by atoms with E-state index in [4.69, 9.17) is 9.52 Å². The van der Waals surface area contributed by atoms with Crippen LogP contribution in [0, 0.1) is 0 Å². The van der Waals surface area contributed by atoms with E-state index in [1.54, 1.807) is 6.07 Å². The third kappa shape index (κ3) is 2.17. The molecule has 0 aliphatic carbocycles. The first kappa shape index (κ1) is 12.7. The molecule has 2 aliphatic heterocycles. The first-order valence-corrected chi connectivity index (χ1v) is 6.84. The van der Waals surface area contributed by atoms with E-state index in [1.807, 2.05) is 6.92 Å². The molecule has 0 amide bonds. The van der Waals surface area contributed by atoms with Crippen molar-refractivity contribution in [1.82, 2.24) is 4.90 Å². The predicted molar refractivity (Wildman–Crippen MR) is 68.0 cm³/mol. The Morgan fingerprint density at radius 2 is 2.00 bits per heavy atom. The summed E-state index contributed by atoms with van der Waals surface area (Å²) in [6, 6.07) is 4.11. The fraction of sp³-hybridized carbons (Fsp3) is 0.643. The van der Waals surface area contributed by atoms with E-state index in [9.17, 15) is 9.90 Å². The molecule has 1 aromatic heterocycles. The highest BCUT2D eigenvalue weighted by molar-refractivity contribution is 5.84. The molecule has 2 fully saturated rings. The Morgan fingerprint density at radius 3 is 2.53 bits per heavy atom. The van der Waals surface area contributed by atoms with Crippen LogP contribution < -0.4 is 0 Å². The van der Waals surface area contributed by atoms with Crippen molar-refractivity contribution >= 4 is 5.97 Å². The molecule has 5 heteroatoms. The zero-order valence-electron chi connectivity index (χ0n) is 11.0. The fourth-order valence-electron chi connectivity index (χ4n) is 3.66. The Balaban J connectivity index is 1.80. The summed E-state index contributed by atoms with van der Waals surface area (Å²) < 4.78 is 5.41. The maximum Gasteiger partial charge on any atom is 0.371 e. The Morgan fingerprint density at radius 1 is 1.37 bits per heavy atom. The van der Waals surface area contributed by atoms with Gasteiger partial charge in [0.25, 0.3) is 0 Å². The van der Waals surface area contributed by atoms with Gasteiger partial charge in [0.1, 0.15) is 5.76 Å². The van der Waals surface area contributed by atoms with Gasteiger partial charge in [-0.3, -0.25) is 4.90 Å². The first-order chi connectivity index (χ1) is 9.06. The van der Waals surface area contributed by atoms with Crippen molar-refractivity contribution in [1.29, 1.82) is 0 Å². The number of carboxylic acid groups (broad SMARTS) is 1. The molecule has 3 heterocycles. The standard InChI is InChI=1S/C14H19NO4/c1-8(12-4-5-13(19-12)14(17)18)15-9-2-3-10(15)7-11(16)6-9/h4-5,8-11,16H,2-3,6-7H2,1H3,(H,17,18). The third-order valence-electron chi connectivity index (χ3n) is 4.46. The second-order valence-electron chi connectivity index (χ2n) is 5.64. The minimum Gasteiger partial charge on any atom is -0.475 e. The van der Waals surface area contributed by atoms with Gasteiger partial charge in [0.15, 0.2) is 0 Å². The molecule has 2 N–H and O–H groups in total. The van der Waals surface area contributed by atoms with E-state index >= 15 is 0 Å². The van der Waals surface area contributed by atoms with Gasteiger partial charge in [0.2, 0.25) is 5.76 Å². The van der Waals surface area contributed by atoms with Crippen LogP contribution in [0.25, 0.3) is 0 Å². The molecule has 0 spiro atoms. The van der Waals surface area contributed by atoms with Gasteiger partial charge in [-0.15, -0.1) is 0 Å². The van der Waals surface area contributed by atoms with Crippen LogP contribution in [-0.4, -0.2) is 39.3 Å². The normalized spacial score (nSPS) is 32.4. The summed E-state index contributed by atoms with van der Waals surface area (Å²) in [6.45, 7) is 2.05. The largest absolute Gasteiger partial charge is 0.475 e. The summed E-state index contributed by atoms with van der Waals surface area (Å²) in [5.74, 6) is -0.340. The van der Waals surface area contributed by atoms with Crippen LogP contribution in [0.4, 0.5) is 0 Å². The quantitative estimate of drug-likeness (QED) is 0.874. The maximum absolute atomic E-state index is 10.9. The summed E-state index contributed by atoms with van der Waals surface area (Å²) in [6.07, 6.45) is 3.66. The van der Waals surface area contributed by atoms with Gasteiger partial charge in [0, 0.05) is 12.1 Å². The molecule has 2 aliphatic rings. The van der Waals surface area contributed by atoms with E-state index in [0.29, 0.717) is 17.8 Å². The number of piperidine rings is 1. The van der Waals surface area contributed by atoms with Crippen LogP contribution in [0.5, 0.6) is 0 Å². The number of fused-ring (bicyclic) bond motifs is 2. The van der Waals surface area contributed by atoms with Crippen LogP contribution in [0.15, 0.2) is 16.5 Å². The number of hydrogen-bond acceptors (Lipinski definition) is 4. The molecular formula is C14H19NO4. The summed E-state index contributed by atoms with van der Waals surface area (Å²) in [5.41, 5.74) is 0. The van der Waals surface area contributed by atoms with Gasteiger partial charge in [-0.2, -0.15) is 0 Å². The minimum absolute atomic E-state index is 0.00811. The van der Waals surface area contributed by atoms with Crippen molar-refractivity contribution in [3.05, 3.63) is 23.7 Å². The van der Waals surface area contributed by atoms with Crippen molar-refractivity contribution in [2.45, 2.75) is 56.8 Å². The number of carbonyl (C=O) groups is 1. The van der Waals surface area contributed by atoms with Crippen LogP contribution in [0.3, 0.4) is 0 Å². The Hall–Kier alpha value is -1.33. The molecule has 1 aromatic rings. The highest BCUT2D eigenvalue weighted by Crippen LogP contribution is 2.41. The highest BCUT2D eigenvalue weighted by Gasteiger charge is 2.43. The molecule has 3 atom stereocenters. The number of rotatable bonds is 3. The van der Waals surface area contributed by atoms with Crippen LogP contribution in [0.2, 0.25) is 0 Å². The van der Waals surface area contributed by atoms with E-state index in [-0.39, 0.29) is 17.9 Å². The molecule has 0 saturated carbocycles. The lowest BCUT2D eigenvalue weighted by molar-refractivity contribution is 0.00864. The van der Waals surface area contributed by atoms with E-state index in [1.165, 1.54) is 6.07 Å². The Bertz CT molecular complexity index is 470. The van der Waals surface area contributed by atoms with E-state index < -0.39 is 5.97 Å². The zero-order chi connectivity index (χ0) is 13.6. The van der Waals surface area contributed by atoms with Crippen LogP contribution >= 0.6 is 0 Å². The van der Waals surface area contributed by atoms with Crippen molar-refractivity contribution in [3.63, 3.8) is 0 Å². The molecule has 2 saturated heterocycles. The van der Waals surface area contributed by atoms with Gasteiger partial charge >= 0.3 is 5.97 Å². The first-order valence-electron chi connectivity index (χ1n) is 6.84. The molecule has 0 radical (unpaired) electrons. The van der Waals surface area contributed by atoms with Gasteiger partial charge in [-0.1, -0.05) is 0 Å². The van der Waals surface area contributed by atoms with E-state index in [0.717, 1.165) is 25.7 Å². The number of aliphatic hydroxyl groups is 1. The van der Waals surface area contributed by atoms with Crippen molar-refractivity contribution in [3.8, 4) is 0 Å². The third-order valence-corrected chi connectivity index (χ3v) is 4.46. The fourth-order valence-corrected chi connectivity index (χ4v) is 3.66. The van der Waals surface area contributed by atoms with Gasteiger partial charge in [-0.05, 0) is 44.7 Å². The molecule has 104 valence electrons. The number of hydrogen-bond donors (Lipinski definition) is 2. The molecule has 3 unspecified atom stereocenters. The number of aliphatic hydroxyl groups excluding tert-OH is 1. The molecule has 2 bridgehead atoms. The van der Waals surface area contributed by atoms with Gasteiger partial charge < -0.3 is 14.6 Å². The number of furan rings is 1. The zero-order valence-corrected chi connectivity index (χ0v) is 11.0. The summed E-state index contributed by atoms with van der Waals surface area (Å²) in [5, 5.41) is 18.7. The average Bonchev–Trinajstić information content (AvgIpc) is 2.93. The summed E-state index contributed by atoms with van der Waals surface area (Å²) in [7, 11) is 0. The topological polar surface area (TPSA) is 73.9 Å². The lowest BCUT2D eigenvalue weighted by Crippen LogP contribution is -2.45. The average molecular weight is 265 g/mol. The van der Waals surface area contributed by atoms with Crippen LogP contribution in [0.1, 0.15) is 55.0 Å². The summed E-state index contributed by atoms with van der Waals surface area (Å²) in [4.78, 5) is 13.2. The lowest BCUT2D eigenvalue weighted by atomic mass is 9.97.